The van der Waals surface area contributed by atoms with Gasteiger partial charge in [-0.05, 0) is 48.7 Å². The van der Waals surface area contributed by atoms with E-state index in [-0.39, 0.29) is 0 Å². The third kappa shape index (κ3) is 19.3. The van der Waals surface area contributed by atoms with E-state index in [1.807, 2.05) is 0 Å². The molecule has 54 heavy (non-hydrogen) atoms. The van der Waals surface area contributed by atoms with Gasteiger partial charge in [0, 0.05) is 0 Å². The van der Waals surface area contributed by atoms with E-state index in [4.69, 9.17) is 0 Å². The van der Waals surface area contributed by atoms with Gasteiger partial charge in [0.05, 0.1) is 42.4 Å². The van der Waals surface area contributed by atoms with Crippen LogP contribution in [0.25, 0.3) is 0 Å². The molecule has 0 nitrogen and oxygen atoms in total. The first kappa shape index (κ1) is 49.6. The van der Waals surface area contributed by atoms with E-state index in [0.717, 1.165) is 0 Å². The van der Waals surface area contributed by atoms with E-state index in [1.165, 1.54) is 177 Å². The Morgan fingerprint density at radius 2 is 0.426 bits per heavy atom. The summed E-state index contributed by atoms with van der Waals surface area (Å²) in [5, 5.41) is 0. The van der Waals surface area contributed by atoms with Gasteiger partial charge in [-0.1, -0.05) is 250 Å². The molecule has 4 heterocycles. The van der Waals surface area contributed by atoms with Crippen LogP contribution in [0.3, 0.4) is 0 Å². The van der Waals surface area contributed by atoms with Crippen LogP contribution in [0.2, 0.25) is 0 Å². The maximum Gasteiger partial charge on any atom is 0.0718 e. The Balaban J connectivity index is 1.29. The lowest BCUT2D eigenvalue weighted by molar-refractivity contribution is 0.627. The number of rotatable bonds is 32. The summed E-state index contributed by atoms with van der Waals surface area (Å²) >= 11 is 25.3. The molecule has 0 aliphatic carbocycles. The minimum atomic E-state index is 1.28. The number of hydrogen-bond donors (Lipinski definition) is 0. The fourth-order valence-corrected chi connectivity index (χ4v) is 24.9. The molecular formula is C42H68S12. The van der Waals surface area contributed by atoms with Gasteiger partial charge in [-0.3, -0.25) is 0 Å². The van der Waals surface area contributed by atoms with Crippen LogP contribution in [-0.4, -0.2) is 23.0 Å². The SMILES string of the molecule is CCCCCCCCSC1=C(SCCCCCCCC)SC(=C2SC3=C(S2)SC(=C2SC(SCCCCCCCC)=C(SCCCCCCCC)S2)S3)S1. The Bertz CT molecular complexity index is 1070. The van der Waals surface area contributed by atoms with Crippen LogP contribution in [-0.2, 0) is 0 Å². The normalized spacial score (nSPS) is 17.6. The van der Waals surface area contributed by atoms with Gasteiger partial charge in [0.1, 0.15) is 0 Å². The Labute approximate surface area is 384 Å². The van der Waals surface area contributed by atoms with Crippen molar-refractivity contribution in [2.75, 3.05) is 23.0 Å². The Kier molecular flexibility index (Phi) is 29.1. The summed E-state index contributed by atoms with van der Waals surface area (Å²) in [6.07, 6.45) is 33.3. The summed E-state index contributed by atoms with van der Waals surface area (Å²) in [6.45, 7) is 9.27. The molecule has 0 aromatic heterocycles. The highest BCUT2D eigenvalue weighted by atomic mass is 32.3. The average molecular weight is 958 g/mol. The number of unbranched alkanes of at least 4 members (excludes halogenated alkanes) is 20. The number of hydrogen-bond acceptors (Lipinski definition) is 12. The molecule has 0 aromatic rings. The molecule has 0 radical (unpaired) electrons. The first-order valence-electron chi connectivity index (χ1n) is 21.3. The van der Waals surface area contributed by atoms with Gasteiger partial charge in [0.2, 0.25) is 0 Å². The van der Waals surface area contributed by atoms with Gasteiger partial charge in [-0.15, -0.1) is 47.0 Å². The molecule has 308 valence electrons. The van der Waals surface area contributed by atoms with Crippen LogP contribution >= 0.6 is 141 Å². The maximum atomic E-state index is 2.32. The van der Waals surface area contributed by atoms with E-state index in [2.05, 4.69) is 169 Å². The standard InChI is InChI=1S/C42H68S12/c1-5-9-13-17-21-25-29-43-33-34(44-30-26-22-18-14-10-6-2)48-37(47-33)39-51-41-42(52-39)54-40(53-41)38-49-35(45-31-27-23-19-15-11-7-3)36(50-38)46-32-28-24-20-16-12-8-4/h5-32H2,1-4H3. The highest BCUT2D eigenvalue weighted by Crippen LogP contribution is 2.73. The molecule has 12 heteroatoms. The van der Waals surface area contributed by atoms with Gasteiger partial charge in [0.15, 0.2) is 0 Å². The molecule has 0 aromatic carbocycles. The zero-order chi connectivity index (χ0) is 38.1. The zero-order valence-electron chi connectivity index (χ0n) is 33.7. The lowest BCUT2D eigenvalue weighted by atomic mass is 10.1. The van der Waals surface area contributed by atoms with Crippen molar-refractivity contribution in [1.29, 1.82) is 0 Å². The molecule has 4 aliphatic rings. The molecule has 4 aliphatic heterocycles. The quantitative estimate of drug-likeness (QED) is 0.0590. The molecule has 0 fully saturated rings. The first-order valence-corrected chi connectivity index (χ1v) is 31.8. The van der Waals surface area contributed by atoms with Crippen LogP contribution < -0.4 is 0 Å². The van der Waals surface area contributed by atoms with Gasteiger partial charge in [-0.2, -0.15) is 0 Å². The molecule has 0 N–H and O–H groups in total. The molecule has 0 bridgehead atoms. The fourth-order valence-electron chi connectivity index (χ4n) is 6.01. The van der Waals surface area contributed by atoms with Crippen LogP contribution in [0, 0.1) is 0 Å². The third-order valence-electron chi connectivity index (χ3n) is 9.24. The molecule has 0 saturated carbocycles. The van der Waals surface area contributed by atoms with Crippen molar-refractivity contribution in [3.05, 3.63) is 42.4 Å². The van der Waals surface area contributed by atoms with Gasteiger partial charge in [0.25, 0.3) is 0 Å². The zero-order valence-corrected chi connectivity index (χ0v) is 43.5. The minimum absolute atomic E-state index is 1.28. The van der Waals surface area contributed by atoms with E-state index in [1.54, 1.807) is 42.4 Å². The van der Waals surface area contributed by atoms with Crippen LogP contribution in [0.15, 0.2) is 42.4 Å². The molecule has 0 unspecified atom stereocenters. The topological polar surface area (TPSA) is 0 Å². The Morgan fingerprint density at radius 3 is 0.648 bits per heavy atom. The van der Waals surface area contributed by atoms with Crippen molar-refractivity contribution >= 4 is 141 Å². The van der Waals surface area contributed by atoms with Crippen molar-refractivity contribution in [2.24, 2.45) is 0 Å². The first-order chi connectivity index (χ1) is 26.7. The van der Waals surface area contributed by atoms with Crippen LogP contribution in [0.5, 0.6) is 0 Å². The summed E-state index contributed by atoms with van der Waals surface area (Å²) in [5.41, 5.74) is 0. The predicted molar refractivity (Wildman–Crippen MR) is 279 cm³/mol. The summed E-state index contributed by atoms with van der Waals surface area (Å²) in [5.74, 6) is 5.10. The van der Waals surface area contributed by atoms with Crippen molar-refractivity contribution in [1.82, 2.24) is 0 Å². The maximum absolute atomic E-state index is 2.32. The second-order valence-electron chi connectivity index (χ2n) is 14.2. The summed E-state index contributed by atoms with van der Waals surface area (Å²) in [7, 11) is 0. The summed E-state index contributed by atoms with van der Waals surface area (Å²) < 4.78 is 15.7. The lowest BCUT2D eigenvalue weighted by Crippen LogP contribution is -1.84. The monoisotopic (exact) mass is 956 g/mol. The van der Waals surface area contributed by atoms with Crippen molar-refractivity contribution < 1.29 is 0 Å². The fraction of sp³-hybridized carbons (Fsp3) is 0.762. The van der Waals surface area contributed by atoms with Gasteiger partial charge < -0.3 is 0 Å². The van der Waals surface area contributed by atoms with Crippen molar-refractivity contribution in [3.63, 3.8) is 0 Å². The molecule has 4 rings (SSSR count). The molecule has 0 saturated heterocycles. The highest BCUT2D eigenvalue weighted by molar-refractivity contribution is 8.51. The van der Waals surface area contributed by atoms with Crippen LogP contribution in [0.1, 0.15) is 182 Å². The lowest BCUT2D eigenvalue weighted by Gasteiger charge is -2.07. The third-order valence-corrected chi connectivity index (χ3v) is 27.3. The number of thioether (sulfide) groups is 12. The Morgan fingerprint density at radius 1 is 0.241 bits per heavy atom. The largest absolute Gasteiger partial charge is 0.117 e. The van der Waals surface area contributed by atoms with Gasteiger partial charge in [-0.25, -0.2) is 0 Å². The van der Waals surface area contributed by atoms with E-state index < -0.39 is 0 Å². The van der Waals surface area contributed by atoms with Crippen molar-refractivity contribution in [2.45, 2.75) is 182 Å². The average Bonchev–Trinajstić information content (AvgIpc) is 3.96. The minimum Gasteiger partial charge on any atom is -0.117 e. The smallest absolute Gasteiger partial charge is 0.0718 e. The highest BCUT2D eigenvalue weighted by Gasteiger charge is 2.37. The predicted octanol–water partition coefficient (Wildman–Crippen LogP) is 20.9. The summed E-state index contributed by atoms with van der Waals surface area (Å²) in [4.78, 5) is 0. The Hall–Kier alpha value is 2.90. The van der Waals surface area contributed by atoms with Gasteiger partial charge >= 0.3 is 0 Å². The molecule has 0 amide bonds. The molecule has 0 spiro atoms. The molecule has 0 atom stereocenters. The second-order valence-corrected chi connectivity index (χ2v) is 29.3. The van der Waals surface area contributed by atoms with E-state index >= 15 is 0 Å². The molecular weight excluding hydrogens is 889 g/mol. The van der Waals surface area contributed by atoms with E-state index in [9.17, 15) is 0 Å². The van der Waals surface area contributed by atoms with Crippen molar-refractivity contribution in [3.8, 4) is 0 Å². The van der Waals surface area contributed by atoms with E-state index in [0.29, 0.717) is 0 Å². The van der Waals surface area contributed by atoms with Crippen LogP contribution in [0.4, 0.5) is 0 Å². The second kappa shape index (κ2) is 31.7. The summed E-state index contributed by atoms with van der Waals surface area (Å²) in [6, 6.07) is 0.